The average Bonchev–Trinajstić information content (AvgIpc) is 2.56. The van der Waals surface area contributed by atoms with Crippen LogP contribution in [0.25, 0.3) is 0 Å². The third kappa shape index (κ3) is 2.06. The highest BCUT2D eigenvalue weighted by Crippen LogP contribution is 2.46. The zero-order chi connectivity index (χ0) is 11.6. The van der Waals surface area contributed by atoms with Crippen LogP contribution >= 0.6 is 0 Å². The lowest BCUT2D eigenvalue weighted by Gasteiger charge is -2.33. The van der Waals surface area contributed by atoms with Crippen LogP contribution < -0.4 is 0 Å². The summed E-state index contributed by atoms with van der Waals surface area (Å²) < 4.78 is 0. The second-order valence-corrected chi connectivity index (χ2v) is 4.91. The summed E-state index contributed by atoms with van der Waals surface area (Å²) in [7, 11) is 1.60. The van der Waals surface area contributed by atoms with Crippen molar-refractivity contribution in [3.05, 3.63) is 0 Å². The summed E-state index contributed by atoms with van der Waals surface area (Å²) in [6.07, 6.45) is 3.80. The van der Waals surface area contributed by atoms with Crippen molar-refractivity contribution in [2.75, 3.05) is 7.05 Å². The van der Waals surface area contributed by atoms with E-state index in [1.54, 1.807) is 7.05 Å². The predicted molar refractivity (Wildman–Crippen MR) is 59.2 cm³/mol. The molecule has 2 atom stereocenters. The van der Waals surface area contributed by atoms with Crippen LogP contribution in [-0.2, 0) is 9.59 Å². The van der Waals surface area contributed by atoms with E-state index in [4.69, 9.17) is 0 Å². The van der Waals surface area contributed by atoms with Gasteiger partial charge in [0, 0.05) is 18.4 Å². The molecular formula is C12H21NO2. The summed E-state index contributed by atoms with van der Waals surface area (Å²) >= 11 is 0. The minimum absolute atomic E-state index is 0.0150. The monoisotopic (exact) mass is 211 g/mol. The normalized spacial score (nSPS) is 33.9. The van der Waals surface area contributed by atoms with Crippen molar-refractivity contribution in [3.8, 4) is 0 Å². The van der Waals surface area contributed by atoms with Crippen LogP contribution in [0.15, 0.2) is 0 Å². The van der Waals surface area contributed by atoms with Gasteiger partial charge in [0.15, 0.2) is 0 Å². The van der Waals surface area contributed by atoms with E-state index in [1.165, 1.54) is 11.3 Å². The van der Waals surface area contributed by atoms with E-state index in [1.807, 2.05) is 6.92 Å². The van der Waals surface area contributed by atoms with Gasteiger partial charge in [-0.05, 0) is 19.3 Å². The van der Waals surface area contributed by atoms with Crippen LogP contribution in [0.4, 0.5) is 0 Å². The molecule has 2 amide bonds. The summed E-state index contributed by atoms with van der Waals surface area (Å²) in [4.78, 5) is 24.4. The largest absolute Gasteiger partial charge is 0.285 e. The maximum absolute atomic E-state index is 11.6. The topological polar surface area (TPSA) is 37.4 Å². The molecule has 3 nitrogen and oxygen atoms in total. The van der Waals surface area contributed by atoms with Gasteiger partial charge in [-0.1, -0.05) is 27.2 Å². The molecule has 1 aliphatic carbocycles. The van der Waals surface area contributed by atoms with Gasteiger partial charge in [-0.3, -0.25) is 14.5 Å². The zero-order valence-corrected chi connectivity index (χ0v) is 10.2. The fraction of sp³-hybridized carbons (Fsp3) is 0.833. The van der Waals surface area contributed by atoms with Gasteiger partial charge in [0.25, 0.3) is 0 Å². The Morgan fingerprint density at radius 3 is 2.47 bits per heavy atom. The first-order valence-corrected chi connectivity index (χ1v) is 5.78. The van der Waals surface area contributed by atoms with Crippen LogP contribution in [0, 0.1) is 11.3 Å². The Labute approximate surface area is 91.8 Å². The van der Waals surface area contributed by atoms with Crippen LogP contribution in [0.3, 0.4) is 0 Å². The van der Waals surface area contributed by atoms with Crippen molar-refractivity contribution in [1.82, 2.24) is 4.90 Å². The van der Waals surface area contributed by atoms with Crippen LogP contribution in [0.5, 0.6) is 0 Å². The minimum Gasteiger partial charge on any atom is -0.285 e. The first kappa shape index (κ1) is 12.2. The zero-order valence-electron chi connectivity index (χ0n) is 10.2. The van der Waals surface area contributed by atoms with E-state index in [0.29, 0.717) is 0 Å². The molecule has 15 heavy (non-hydrogen) atoms. The van der Waals surface area contributed by atoms with Crippen molar-refractivity contribution in [2.45, 2.75) is 46.5 Å². The summed E-state index contributed by atoms with van der Waals surface area (Å²) in [5.74, 6) is 0.161. The molecule has 1 aliphatic heterocycles. The van der Waals surface area contributed by atoms with Gasteiger partial charge in [-0.25, -0.2) is 0 Å². The molecular weight excluding hydrogens is 190 g/mol. The Balaban J connectivity index is 0.000000337. The molecule has 2 rings (SSSR count). The lowest BCUT2D eigenvalue weighted by atomic mass is 9.83. The number of hydrogen-bond donors (Lipinski definition) is 0. The number of carbonyl (C=O) groups excluding carboxylic acids is 2. The standard InChI is InChI=1S/C9H13NO2.C3H8/c1-9-4-3-6(5-9)7(11)10(2)8(9)12;1-3-2/h6H,3-5H2,1-2H3;3H2,1-2H3/t6-,9+;/m1./s1. The molecule has 0 unspecified atom stereocenters. The van der Waals surface area contributed by atoms with Gasteiger partial charge >= 0.3 is 0 Å². The molecule has 2 aliphatic rings. The van der Waals surface area contributed by atoms with Crippen molar-refractivity contribution in [1.29, 1.82) is 0 Å². The third-order valence-electron chi connectivity index (χ3n) is 3.24. The van der Waals surface area contributed by atoms with Crippen LogP contribution in [-0.4, -0.2) is 23.8 Å². The molecule has 2 bridgehead atoms. The number of hydrogen-bond acceptors (Lipinski definition) is 2. The van der Waals surface area contributed by atoms with Crippen LogP contribution in [0.1, 0.15) is 46.5 Å². The number of imide groups is 1. The van der Waals surface area contributed by atoms with Gasteiger partial charge in [0.1, 0.15) is 0 Å². The number of amides is 2. The van der Waals surface area contributed by atoms with Crippen molar-refractivity contribution in [2.24, 2.45) is 11.3 Å². The molecule has 3 heteroatoms. The number of carbonyl (C=O) groups is 2. The van der Waals surface area contributed by atoms with Crippen molar-refractivity contribution >= 4 is 11.8 Å². The second kappa shape index (κ2) is 4.33. The molecule has 0 spiro atoms. The van der Waals surface area contributed by atoms with E-state index < -0.39 is 0 Å². The van der Waals surface area contributed by atoms with Gasteiger partial charge in [0.2, 0.25) is 11.8 Å². The Kier molecular flexibility index (Phi) is 3.53. The lowest BCUT2D eigenvalue weighted by Crippen LogP contribution is -2.48. The van der Waals surface area contributed by atoms with Gasteiger partial charge in [-0.15, -0.1) is 0 Å². The highest BCUT2D eigenvalue weighted by Gasteiger charge is 2.51. The minimum atomic E-state index is -0.229. The van der Waals surface area contributed by atoms with Gasteiger partial charge in [-0.2, -0.15) is 0 Å². The first-order chi connectivity index (χ1) is 6.96. The molecule has 1 saturated heterocycles. The molecule has 1 heterocycles. The van der Waals surface area contributed by atoms with Crippen molar-refractivity contribution in [3.63, 3.8) is 0 Å². The molecule has 2 fully saturated rings. The van der Waals surface area contributed by atoms with E-state index in [9.17, 15) is 9.59 Å². The maximum Gasteiger partial charge on any atom is 0.234 e. The summed E-state index contributed by atoms with van der Waals surface area (Å²) in [6.45, 7) is 6.22. The number of fused-ring (bicyclic) bond motifs is 2. The average molecular weight is 211 g/mol. The smallest absolute Gasteiger partial charge is 0.234 e. The highest BCUT2D eigenvalue weighted by atomic mass is 16.2. The van der Waals surface area contributed by atoms with Gasteiger partial charge in [0.05, 0.1) is 0 Å². The Hall–Kier alpha value is -0.860. The van der Waals surface area contributed by atoms with Crippen LogP contribution in [0.2, 0.25) is 0 Å². The molecule has 0 aromatic carbocycles. The van der Waals surface area contributed by atoms with E-state index >= 15 is 0 Å². The predicted octanol–water partition coefficient (Wildman–Crippen LogP) is 2.21. The fourth-order valence-corrected chi connectivity index (χ4v) is 2.42. The van der Waals surface area contributed by atoms with E-state index in [-0.39, 0.29) is 23.1 Å². The summed E-state index contributed by atoms with van der Waals surface area (Å²) in [6, 6.07) is 0. The Morgan fingerprint density at radius 2 is 1.93 bits per heavy atom. The van der Waals surface area contributed by atoms with E-state index in [2.05, 4.69) is 13.8 Å². The molecule has 0 aromatic heterocycles. The SMILES string of the molecule is CCC.CN1C(=O)[C@@H]2CC[C@@](C)(C2)C1=O. The number of rotatable bonds is 0. The molecule has 0 N–H and O–H groups in total. The van der Waals surface area contributed by atoms with Gasteiger partial charge < -0.3 is 0 Å². The van der Waals surface area contributed by atoms with Crippen molar-refractivity contribution < 1.29 is 9.59 Å². The Morgan fingerprint density at radius 1 is 1.40 bits per heavy atom. The first-order valence-electron chi connectivity index (χ1n) is 5.78. The number of likely N-dealkylation sites (tertiary alicyclic amines) is 1. The third-order valence-corrected chi connectivity index (χ3v) is 3.24. The molecule has 0 aromatic rings. The summed E-state index contributed by atoms with van der Waals surface area (Å²) in [5.41, 5.74) is -0.229. The maximum atomic E-state index is 11.6. The molecule has 0 radical (unpaired) electrons. The number of piperidine rings is 1. The fourth-order valence-electron chi connectivity index (χ4n) is 2.42. The molecule has 86 valence electrons. The second-order valence-electron chi connectivity index (χ2n) is 4.91. The lowest BCUT2D eigenvalue weighted by molar-refractivity contribution is -0.155. The number of nitrogens with zero attached hydrogens (tertiary/aromatic N) is 1. The quantitative estimate of drug-likeness (QED) is 0.576. The molecule has 1 saturated carbocycles. The summed E-state index contributed by atoms with van der Waals surface area (Å²) in [5, 5.41) is 0. The Bertz CT molecular complexity index is 275. The van der Waals surface area contributed by atoms with E-state index in [0.717, 1.165) is 19.3 Å². The highest BCUT2D eigenvalue weighted by molar-refractivity contribution is 6.02.